The van der Waals surface area contributed by atoms with E-state index in [4.69, 9.17) is 24.7 Å². The lowest BCUT2D eigenvalue weighted by molar-refractivity contribution is -0.136. The van der Waals surface area contributed by atoms with Gasteiger partial charge in [0.25, 0.3) is 0 Å². The Kier molecular flexibility index (Phi) is 8.28. The third-order valence-corrected chi connectivity index (χ3v) is 4.55. The van der Waals surface area contributed by atoms with Crippen molar-refractivity contribution in [1.82, 2.24) is 5.32 Å². The Balaban J connectivity index is 0.00000312. The zero-order chi connectivity index (χ0) is 17.6. The van der Waals surface area contributed by atoms with E-state index in [1.165, 1.54) is 0 Å². The molecule has 0 aromatic heterocycles. The first kappa shape index (κ1) is 21.3. The number of amides is 1. The normalized spacial score (nSPS) is 15.7. The lowest BCUT2D eigenvalue weighted by Gasteiger charge is -2.34. The summed E-state index contributed by atoms with van der Waals surface area (Å²) in [5, 5.41) is 2.97. The lowest BCUT2D eigenvalue weighted by atomic mass is 9.79. The van der Waals surface area contributed by atoms with E-state index < -0.39 is 5.41 Å². The summed E-state index contributed by atoms with van der Waals surface area (Å²) in [7, 11) is 4.67. The maximum Gasteiger partial charge on any atom is 0.227 e. The average molecular weight is 375 g/mol. The Hall–Kier alpha value is -1.70. The van der Waals surface area contributed by atoms with E-state index in [0.717, 1.165) is 5.56 Å². The molecule has 142 valence electrons. The molecular weight excluding hydrogens is 348 g/mol. The molecule has 0 bridgehead atoms. The minimum atomic E-state index is -0.554. The summed E-state index contributed by atoms with van der Waals surface area (Å²) in [5.41, 5.74) is 6.12. The predicted molar refractivity (Wildman–Crippen MR) is 96.7 cm³/mol. The molecule has 1 saturated heterocycles. The first-order chi connectivity index (χ1) is 11.6. The summed E-state index contributed by atoms with van der Waals surface area (Å²) >= 11 is 0. The number of benzene rings is 1. The summed E-state index contributed by atoms with van der Waals surface area (Å²) in [6, 6.07) is 3.63. The number of hydrogen-bond donors (Lipinski definition) is 2. The van der Waals surface area contributed by atoms with Gasteiger partial charge in [-0.05, 0) is 25.0 Å². The Morgan fingerprint density at radius 2 is 1.80 bits per heavy atom. The van der Waals surface area contributed by atoms with E-state index >= 15 is 0 Å². The molecule has 1 heterocycles. The van der Waals surface area contributed by atoms with Crippen LogP contribution in [0.3, 0.4) is 0 Å². The molecule has 1 aliphatic heterocycles. The molecule has 0 spiro atoms. The molecule has 1 amide bonds. The van der Waals surface area contributed by atoms with Crippen LogP contribution in [0.1, 0.15) is 18.4 Å². The van der Waals surface area contributed by atoms with E-state index in [2.05, 4.69) is 5.32 Å². The molecule has 1 aromatic rings. The number of carbonyl (C=O) groups excluding carboxylic acids is 1. The standard InChI is InChI=1S/C17H26N2O5.ClH/c1-21-13-5-4-12(14(22-2)15(13)23-3)10-19-16(20)17(11-18)6-8-24-9-7-17;/h4-5H,6-11,18H2,1-3H3,(H,19,20);1H. The van der Waals surface area contributed by atoms with Crippen LogP contribution in [-0.2, 0) is 16.1 Å². The maximum absolute atomic E-state index is 12.7. The van der Waals surface area contributed by atoms with Crippen molar-refractivity contribution in [3.63, 3.8) is 0 Å². The molecule has 0 aliphatic carbocycles. The molecule has 0 radical (unpaired) electrons. The Bertz CT molecular complexity index is 576. The van der Waals surface area contributed by atoms with Crippen LogP contribution in [0.2, 0.25) is 0 Å². The minimum Gasteiger partial charge on any atom is -0.493 e. The zero-order valence-electron chi connectivity index (χ0n) is 14.9. The molecule has 3 N–H and O–H groups in total. The lowest BCUT2D eigenvalue weighted by Crippen LogP contribution is -2.49. The van der Waals surface area contributed by atoms with Gasteiger partial charge in [-0.2, -0.15) is 0 Å². The van der Waals surface area contributed by atoms with Crippen molar-refractivity contribution in [1.29, 1.82) is 0 Å². The quantitative estimate of drug-likeness (QED) is 0.751. The van der Waals surface area contributed by atoms with E-state index in [0.29, 0.717) is 56.4 Å². The molecule has 1 aliphatic rings. The Labute approximate surface area is 154 Å². The van der Waals surface area contributed by atoms with Crippen LogP contribution < -0.4 is 25.3 Å². The maximum atomic E-state index is 12.7. The van der Waals surface area contributed by atoms with Crippen LogP contribution in [-0.4, -0.2) is 47.0 Å². The monoisotopic (exact) mass is 374 g/mol. The minimum absolute atomic E-state index is 0. The van der Waals surface area contributed by atoms with E-state index in [-0.39, 0.29) is 18.3 Å². The summed E-state index contributed by atoms with van der Waals surface area (Å²) in [6.07, 6.45) is 1.27. The Morgan fingerprint density at radius 1 is 1.16 bits per heavy atom. The Morgan fingerprint density at radius 3 is 2.32 bits per heavy atom. The highest BCUT2D eigenvalue weighted by Gasteiger charge is 2.38. The number of rotatable bonds is 7. The first-order valence-electron chi connectivity index (χ1n) is 7.96. The topological polar surface area (TPSA) is 92.0 Å². The molecule has 0 atom stereocenters. The van der Waals surface area contributed by atoms with Crippen LogP contribution in [0.25, 0.3) is 0 Å². The second-order valence-corrected chi connectivity index (χ2v) is 5.77. The van der Waals surface area contributed by atoms with Gasteiger partial charge in [-0.15, -0.1) is 12.4 Å². The molecule has 2 rings (SSSR count). The van der Waals surface area contributed by atoms with Crippen LogP contribution >= 0.6 is 12.4 Å². The number of nitrogens with two attached hydrogens (primary N) is 1. The highest BCUT2D eigenvalue weighted by atomic mass is 35.5. The molecule has 1 aromatic carbocycles. The SMILES string of the molecule is COc1ccc(CNC(=O)C2(CN)CCOCC2)c(OC)c1OC.Cl. The molecule has 0 saturated carbocycles. The van der Waals surface area contributed by atoms with Gasteiger partial charge in [0.15, 0.2) is 11.5 Å². The predicted octanol–water partition coefficient (Wildman–Crippen LogP) is 1.51. The number of methoxy groups -OCH3 is 3. The van der Waals surface area contributed by atoms with Gasteiger partial charge in [0.1, 0.15) is 0 Å². The summed E-state index contributed by atoms with van der Waals surface area (Å²) in [5.74, 6) is 1.58. The van der Waals surface area contributed by atoms with Crippen molar-refractivity contribution in [2.24, 2.45) is 11.1 Å². The summed E-state index contributed by atoms with van der Waals surface area (Å²) in [4.78, 5) is 12.7. The first-order valence-corrected chi connectivity index (χ1v) is 7.96. The number of halogens is 1. The molecular formula is C17H27ClN2O5. The van der Waals surface area contributed by atoms with Crippen molar-refractivity contribution < 1.29 is 23.7 Å². The zero-order valence-corrected chi connectivity index (χ0v) is 15.7. The fourth-order valence-corrected chi connectivity index (χ4v) is 2.95. The van der Waals surface area contributed by atoms with Crippen molar-refractivity contribution in [2.45, 2.75) is 19.4 Å². The highest BCUT2D eigenvalue weighted by molar-refractivity contribution is 5.85. The van der Waals surface area contributed by atoms with Gasteiger partial charge in [-0.25, -0.2) is 0 Å². The highest BCUT2D eigenvalue weighted by Crippen LogP contribution is 2.39. The van der Waals surface area contributed by atoms with Gasteiger partial charge >= 0.3 is 0 Å². The van der Waals surface area contributed by atoms with Crippen LogP contribution in [0, 0.1) is 5.41 Å². The van der Waals surface area contributed by atoms with E-state index in [9.17, 15) is 4.79 Å². The third-order valence-electron chi connectivity index (χ3n) is 4.55. The molecule has 7 nitrogen and oxygen atoms in total. The molecule has 0 unspecified atom stereocenters. The average Bonchev–Trinajstić information content (AvgIpc) is 2.65. The second kappa shape index (κ2) is 9.70. The fraction of sp³-hybridized carbons (Fsp3) is 0.588. The van der Waals surface area contributed by atoms with E-state index in [1.54, 1.807) is 27.4 Å². The van der Waals surface area contributed by atoms with Gasteiger partial charge < -0.3 is 30.0 Å². The van der Waals surface area contributed by atoms with Gasteiger partial charge in [-0.3, -0.25) is 4.79 Å². The fourth-order valence-electron chi connectivity index (χ4n) is 2.95. The third kappa shape index (κ3) is 4.48. The van der Waals surface area contributed by atoms with Crippen molar-refractivity contribution >= 4 is 18.3 Å². The smallest absolute Gasteiger partial charge is 0.227 e. The van der Waals surface area contributed by atoms with Crippen molar-refractivity contribution in [2.75, 3.05) is 41.1 Å². The van der Waals surface area contributed by atoms with Gasteiger partial charge in [-0.1, -0.05) is 0 Å². The van der Waals surface area contributed by atoms with Crippen LogP contribution in [0.5, 0.6) is 17.2 Å². The summed E-state index contributed by atoms with van der Waals surface area (Å²) < 4.78 is 21.4. The largest absolute Gasteiger partial charge is 0.493 e. The van der Waals surface area contributed by atoms with Gasteiger partial charge in [0.05, 0.1) is 26.7 Å². The number of ether oxygens (including phenoxy) is 4. The molecule has 1 fully saturated rings. The van der Waals surface area contributed by atoms with Crippen LogP contribution in [0.4, 0.5) is 0 Å². The van der Waals surface area contributed by atoms with Gasteiger partial charge in [0.2, 0.25) is 11.7 Å². The second-order valence-electron chi connectivity index (χ2n) is 5.77. The molecule has 25 heavy (non-hydrogen) atoms. The van der Waals surface area contributed by atoms with Crippen molar-refractivity contribution in [3.05, 3.63) is 17.7 Å². The number of carbonyl (C=O) groups is 1. The summed E-state index contributed by atoms with van der Waals surface area (Å²) in [6.45, 7) is 1.75. The van der Waals surface area contributed by atoms with Gasteiger partial charge in [0, 0.05) is 31.9 Å². The number of hydrogen-bond acceptors (Lipinski definition) is 6. The molecule has 8 heteroatoms. The number of nitrogens with one attached hydrogen (secondary N) is 1. The van der Waals surface area contributed by atoms with Crippen LogP contribution in [0.15, 0.2) is 12.1 Å². The van der Waals surface area contributed by atoms with E-state index in [1.807, 2.05) is 6.07 Å². The van der Waals surface area contributed by atoms with Crippen molar-refractivity contribution in [3.8, 4) is 17.2 Å².